The lowest BCUT2D eigenvalue weighted by molar-refractivity contribution is -0.148. The lowest BCUT2D eigenvalue weighted by Crippen LogP contribution is -2.44. The van der Waals surface area contributed by atoms with E-state index in [0.717, 1.165) is 12.0 Å². The largest absolute Gasteiger partial charge is 0.376 e. The van der Waals surface area contributed by atoms with Crippen LogP contribution in [0.5, 0.6) is 0 Å². The van der Waals surface area contributed by atoms with E-state index in [1.807, 2.05) is 24.3 Å². The number of hydrogen-bond acceptors (Lipinski definition) is 3. The van der Waals surface area contributed by atoms with E-state index in [-0.39, 0.29) is 11.9 Å². The van der Waals surface area contributed by atoms with Gasteiger partial charge in [0.2, 0.25) is 0 Å². The molecular weight excluding hydrogens is 290 g/mol. The second-order valence-electron chi connectivity index (χ2n) is 5.85. The van der Waals surface area contributed by atoms with E-state index in [1.165, 1.54) is 0 Å². The van der Waals surface area contributed by atoms with Crippen LogP contribution in [-0.4, -0.2) is 31.8 Å². The predicted octanol–water partition coefficient (Wildman–Crippen LogP) is 2.57. The SMILES string of the molecule is C[C@@H]1C[C@@H]1[C@@H](NC(=O)[C@H]1COCCO1)c1ccc(Cl)cc1. The van der Waals surface area contributed by atoms with Crippen molar-refractivity contribution in [3.63, 3.8) is 0 Å². The molecule has 1 amide bonds. The second-order valence-corrected chi connectivity index (χ2v) is 6.29. The summed E-state index contributed by atoms with van der Waals surface area (Å²) in [6.45, 7) is 3.58. The summed E-state index contributed by atoms with van der Waals surface area (Å²) in [7, 11) is 0. The Kier molecular flexibility index (Phi) is 4.48. The molecule has 0 aromatic heterocycles. The number of benzene rings is 1. The third-order valence-electron chi connectivity index (χ3n) is 4.24. The molecule has 4 atom stereocenters. The van der Waals surface area contributed by atoms with Crippen LogP contribution in [0.15, 0.2) is 24.3 Å². The highest BCUT2D eigenvalue weighted by molar-refractivity contribution is 6.30. The minimum absolute atomic E-state index is 0.0234. The zero-order valence-electron chi connectivity index (χ0n) is 12.0. The molecule has 4 nitrogen and oxygen atoms in total. The van der Waals surface area contributed by atoms with Gasteiger partial charge in [0.15, 0.2) is 6.10 Å². The number of nitrogens with one attached hydrogen (secondary N) is 1. The van der Waals surface area contributed by atoms with Crippen LogP contribution in [0.3, 0.4) is 0 Å². The molecule has 1 saturated carbocycles. The summed E-state index contributed by atoms with van der Waals surface area (Å²) in [5, 5.41) is 3.83. The van der Waals surface area contributed by atoms with Crippen LogP contribution in [0.4, 0.5) is 0 Å². The highest BCUT2D eigenvalue weighted by Crippen LogP contribution is 2.47. The molecular formula is C16H20ClNO3. The van der Waals surface area contributed by atoms with E-state index in [0.29, 0.717) is 36.7 Å². The standard InChI is InChI=1S/C16H20ClNO3/c1-10-8-13(10)15(11-2-4-12(17)5-3-11)18-16(19)14-9-20-6-7-21-14/h2-5,10,13-15H,6-9H2,1H3,(H,18,19)/t10-,13+,14-,15+/m1/s1. The molecule has 1 aliphatic heterocycles. The van der Waals surface area contributed by atoms with Crippen LogP contribution in [-0.2, 0) is 14.3 Å². The molecule has 2 aliphatic rings. The lowest BCUT2D eigenvalue weighted by Gasteiger charge is -2.26. The van der Waals surface area contributed by atoms with Crippen molar-refractivity contribution in [1.29, 1.82) is 0 Å². The lowest BCUT2D eigenvalue weighted by atomic mass is 10.0. The molecule has 21 heavy (non-hydrogen) atoms. The maximum Gasteiger partial charge on any atom is 0.252 e. The van der Waals surface area contributed by atoms with Crippen molar-refractivity contribution in [1.82, 2.24) is 5.32 Å². The zero-order chi connectivity index (χ0) is 14.8. The molecule has 1 aromatic carbocycles. The Morgan fingerprint density at radius 2 is 2.05 bits per heavy atom. The van der Waals surface area contributed by atoms with Crippen LogP contribution in [0.25, 0.3) is 0 Å². The Balaban J connectivity index is 1.70. The first-order valence-electron chi connectivity index (χ1n) is 7.40. The number of carbonyl (C=O) groups is 1. The number of hydrogen-bond donors (Lipinski definition) is 1. The van der Waals surface area contributed by atoms with E-state index >= 15 is 0 Å². The normalized spacial score (nSPS) is 29.7. The third kappa shape index (κ3) is 3.57. The molecule has 1 N–H and O–H groups in total. The fourth-order valence-electron chi connectivity index (χ4n) is 2.81. The maximum absolute atomic E-state index is 12.3. The van der Waals surface area contributed by atoms with Crippen molar-refractivity contribution >= 4 is 17.5 Å². The topological polar surface area (TPSA) is 47.6 Å². The third-order valence-corrected chi connectivity index (χ3v) is 4.49. The summed E-state index contributed by atoms with van der Waals surface area (Å²) in [5.41, 5.74) is 1.10. The minimum atomic E-state index is -0.498. The van der Waals surface area contributed by atoms with E-state index in [2.05, 4.69) is 12.2 Å². The van der Waals surface area contributed by atoms with Gasteiger partial charge in [0, 0.05) is 5.02 Å². The van der Waals surface area contributed by atoms with Crippen molar-refractivity contribution < 1.29 is 14.3 Å². The Hall–Kier alpha value is -1.10. The fraction of sp³-hybridized carbons (Fsp3) is 0.562. The van der Waals surface area contributed by atoms with Crippen LogP contribution in [0.1, 0.15) is 24.9 Å². The molecule has 1 aliphatic carbocycles. The fourth-order valence-corrected chi connectivity index (χ4v) is 2.93. The van der Waals surface area contributed by atoms with E-state index in [1.54, 1.807) is 0 Å². The Labute approximate surface area is 129 Å². The van der Waals surface area contributed by atoms with Gasteiger partial charge >= 0.3 is 0 Å². The van der Waals surface area contributed by atoms with Gasteiger partial charge in [-0.15, -0.1) is 0 Å². The summed E-state index contributed by atoms with van der Waals surface area (Å²) in [6.07, 6.45) is 0.637. The Bertz CT molecular complexity index is 499. The first-order chi connectivity index (χ1) is 10.1. The van der Waals surface area contributed by atoms with E-state index < -0.39 is 6.10 Å². The van der Waals surface area contributed by atoms with Crippen molar-refractivity contribution in [2.75, 3.05) is 19.8 Å². The van der Waals surface area contributed by atoms with Crippen molar-refractivity contribution in [3.8, 4) is 0 Å². The van der Waals surface area contributed by atoms with Crippen molar-refractivity contribution in [3.05, 3.63) is 34.9 Å². The molecule has 0 bridgehead atoms. The number of amides is 1. The molecule has 0 unspecified atom stereocenters. The summed E-state index contributed by atoms with van der Waals surface area (Å²) in [5.74, 6) is 1.03. The van der Waals surface area contributed by atoms with Crippen molar-refractivity contribution in [2.24, 2.45) is 11.8 Å². The first kappa shape index (κ1) is 14.8. The van der Waals surface area contributed by atoms with Gasteiger partial charge in [-0.25, -0.2) is 0 Å². The molecule has 1 saturated heterocycles. The van der Waals surface area contributed by atoms with Gasteiger partial charge in [0.1, 0.15) is 0 Å². The summed E-state index contributed by atoms with van der Waals surface area (Å²) in [4.78, 5) is 12.3. The number of halogens is 1. The number of ether oxygens (including phenoxy) is 2. The molecule has 0 spiro atoms. The van der Waals surface area contributed by atoms with Crippen LogP contribution in [0.2, 0.25) is 5.02 Å². The zero-order valence-corrected chi connectivity index (χ0v) is 12.8. The molecule has 3 rings (SSSR count). The quantitative estimate of drug-likeness (QED) is 0.930. The van der Waals surface area contributed by atoms with E-state index in [4.69, 9.17) is 21.1 Å². The Morgan fingerprint density at radius 3 is 2.62 bits per heavy atom. The summed E-state index contributed by atoms with van der Waals surface area (Å²) >= 11 is 5.94. The van der Waals surface area contributed by atoms with Crippen LogP contribution >= 0.6 is 11.6 Å². The highest BCUT2D eigenvalue weighted by atomic mass is 35.5. The molecule has 114 valence electrons. The van der Waals surface area contributed by atoms with Gasteiger partial charge in [-0.2, -0.15) is 0 Å². The first-order valence-corrected chi connectivity index (χ1v) is 7.78. The molecule has 2 fully saturated rings. The van der Waals surface area contributed by atoms with Gasteiger partial charge in [0.05, 0.1) is 25.9 Å². The van der Waals surface area contributed by atoms with Gasteiger partial charge in [-0.1, -0.05) is 30.7 Å². The minimum Gasteiger partial charge on any atom is -0.376 e. The maximum atomic E-state index is 12.3. The average Bonchev–Trinajstić information content (AvgIpc) is 3.23. The predicted molar refractivity (Wildman–Crippen MR) is 80.2 cm³/mol. The summed E-state index contributed by atoms with van der Waals surface area (Å²) < 4.78 is 10.8. The van der Waals surface area contributed by atoms with Crippen molar-refractivity contribution in [2.45, 2.75) is 25.5 Å². The van der Waals surface area contributed by atoms with Gasteiger partial charge in [-0.05, 0) is 36.0 Å². The van der Waals surface area contributed by atoms with Gasteiger partial charge in [0.25, 0.3) is 5.91 Å². The van der Waals surface area contributed by atoms with Gasteiger partial charge < -0.3 is 14.8 Å². The molecule has 0 radical (unpaired) electrons. The highest BCUT2D eigenvalue weighted by Gasteiger charge is 2.41. The number of carbonyl (C=O) groups excluding carboxylic acids is 1. The number of rotatable bonds is 4. The monoisotopic (exact) mass is 309 g/mol. The van der Waals surface area contributed by atoms with Gasteiger partial charge in [-0.3, -0.25) is 4.79 Å². The van der Waals surface area contributed by atoms with Crippen LogP contribution in [0, 0.1) is 11.8 Å². The molecule has 1 heterocycles. The Morgan fingerprint density at radius 1 is 1.33 bits per heavy atom. The van der Waals surface area contributed by atoms with E-state index in [9.17, 15) is 4.79 Å². The molecule has 5 heteroatoms. The second kappa shape index (κ2) is 6.34. The smallest absolute Gasteiger partial charge is 0.252 e. The average molecular weight is 310 g/mol. The summed E-state index contributed by atoms with van der Waals surface area (Å²) in [6, 6.07) is 7.72. The molecule has 1 aromatic rings. The van der Waals surface area contributed by atoms with Crippen LogP contribution < -0.4 is 5.32 Å².